The van der Waals surface area contributed by atoms with E-state index in [-0.39, 0.29) is 17.4 Å². The van der Waals surface area contributed by atoms with Crippen molar-refractivity contribution in [2.24, 2.45) is 4.99 Å². The quantitative estimate of drug-likeness (QED) is 0.468. The summed E-state index contributed by atoms with van der Waals surface area (Å²) in [7, 11) is 1.71. The van der Waals surface area contributed by atoms with E-state index in [9.17, 15) is 9.18 Å². The Morgan fingerprint density at radius 3 is 2.47 bits per heavy atom. The van der Waals surface area contributed by atoms with Gasteiger partial charge < -0.3 is 9.88 Å². The largest absolute Gasteiger partial charge is 0.361 e. The van der Waals surface area contributed by atoms with Gasteiger partial charge in [0.2, 0.25) is 0 Å². The lowest BCUT2D eigenvalue weighted by atomic mass is 10.00. The van der Waals surface area contributed by atoms with Crippen LogP contribution in [0.15, 0.2) is 89.7 Å². The first-order valence-electron chi connectivity index (χ1n) is 9.62. The molecular weight excluding hydrogens is 377 g/mol. The lowest BCUT2D eigenvalue weighted by Gasteiger charge is -2.17. The molecule has 1 aromatic heterocycles. The summed E-state index contributed by atoms with van der Waals surface area (Å²) in [4.78, 5) is 22.7. The number of H-pyrrole nitrogens is 1. The lowest BCUT2D eigenvalue weighted by molar-refractivity contribution is -0.114. The Morgan fingerprint density at radius 1 is 0.933 bits per heavy atom. The first-order chi connectivity index (χ1) is 14.6. The van der Waals surface area contributed by atoms with Gasteiger partial charge in [-0.3, -0.25) is 4.79 Å². The van der Waals surface area contributed by atoms with Gasteiger partial charge in [-0.1, -0.05) is 48.5 Å². The zero-order valence-corrected chi connectivity index (χ0v) is 16.3. The van der Waals surface area contributed by atoms with Gasteiger partial charge in [-0.15, -0.1) is 0 Å². The van der Waals surface area contributed by atoms with Crippen LogP contribution in [-0.4, -0.2) is 23.7 Å². The molecule has 1 aliphatic heterocycles. The summed E-state index contributed by atoms with van der Waals surface area (Å²) in [6.07, 6.45) is 3.60. The average Bonchev–Trinajstić information content (AvgIpc) is 3.15. The Bertz CT molecular complexity index is 1350. The maximum Gasteiger partial charge on any atom is 0.276 e. The van der Waals surface area contributed by atoms with Crippen molar-refractivity contribution < 1.29 is 9.18 Å². The predicted octanol–water partition coefficient (Wildman–Crippen LogP) is 5.16. The molecule has 4 aromatic rings. The molecule has 0 spiro atoms. The van der Waals surface area contributed by atoms with E-state index in [2.05, 4.69) is 4.98 Å². The Hall–Kier alpha value is -3.99. The third-order valence-corrected chi connectivity index (χ3v) is 5.32. The fourth-order valence-electron chi connectivity index (χ4n) is 3.79. The third kappa shape index (κ3) is 2.92. The fourth-order valence-corrected chi connectivity index (χ4v) is 3.79. The minimum atomic E-state index is -0.380. The number of carbonyl (C=O) groups excluding carboxylic acids is 1. The Labute approximate surface area is 173 Å². The summed E-state index contributed by atoms with van der Waals surface area (Å²) in [6, 6.07) is 21.8. The SMILES string of the molecule is CN1C(=O)C(=Cc2c[nH]c3ccccc23)N=C(c2ccccc2F)c2ccccc21. The van der Waals surface area contributed by atoms with Crippen LogP contribution in [0.1, 0.15) is 16.7 Å². The molecule has 0 aliphatic carbocycles. The molecule has 5 rings (SSSR count). The Balaban J connectivity index is 1.77. The van der Waals surface area contributed by atoms with Crippen LogP contribution in [0, 0.1) is 5.82 Å². The first-order valence-corrected chi connectivity index (χ1v) is 9.62. The molecule has 0 saturated carbocycles. The van der Waals surface area contributed by atoms with E-state index in [4.69, 9.17) is 4.99 Å². The van der Waals surface area contributed by atoms with Gasteiger partial charge in [0.25, 0.3) is 5.91 Å². The molecule has 0 atom stereocenters. The van der Waals surface area contributed by atoms with Crippen LogP contribution in [0.4, 0.5) is 10.1 Å². The van der Waals surface area contributed by atoms with E-state index in [1.165, 1.54) is 6.07 Å². The number of aromatic nitrogens is 1. The zero-order valence-electron chi connectivity index (χ0n) is 16.3. The number of likely N-dealkylation sites (N-methyl/N-ethyl adjacent to an activating group) is 1. The molecule has 0 saturated heterocycles. The number of anilines is 1. The predicted molar refractivity (Wildman–Crippen MR) is 118 cm³/mol. The maximum absolute atomic E-state index is 14.7. The van der Waals surface area contributed by atoms with E-state index in [1.807, 2.05) is 54.7 Å². The van der Waals surface area contributed by atoms with Gasteiger partial charge in [0.1, 0.15) is 11.5 Å². The average molecular weight is 395 g/mol. The number of nitrogens with zero attached hydrogens (tertiary/aromatic N) is 2. The van der Waals surface area contributed by atoms with E-state index in [0.29, 0.717) is 22.5 Å². The number of hydrogen-bond donors (Lipinski definition) is 1. The Kier molecular flexibility index (Phi) is 4.29. The molecule has 1 N–H and O–H groups in total. The normalized spacial score (nSPS) is 15.3. The minimum absolute atomic E-state index is 0.247. The first kappa shape index (κ1) is 18.1. The van der Waals surface area contributed by atoms with Crippen molar-refractivity contribution in [3.05, 3.63) is 107 Å². The molecule has 30 heavy (non-hydrogen) atoms. The summed E-state index contributed by atoms with van der Waals surface area (Å²) in [5, 5.41) is 0.991. The lowest BCUT2D eigenvalue weighted by Crippen LogP contribution is -2.26. The molecule has 0 radical (unpaired) electrons. The highest BCUT2D eigenvalue weighted by Gasteiger charge is 2.27. The van der Waals surface area contributed by atoms with Crippen LogP contribution in [-0.2, 0) is 4.79 Å². The molecule has 0 unspecified atom stereocenters. The molecule has 5 heteroatoms. The summed E-state index contributed by atoms with van der Waals surface area (Å²) in [5.41, 5.74) is 4.26. The standard InChI is InChI=1S/C25H18FN3O/c1-29-23-13-7-4-10-19(23)24(18-9-2-5-11-20(18)26)28-22(25(29)30)14-16-15-27-21-12-6-3-8-17(16)21/h2-15,27H,1H3. The van der Waals surface area contributed by atoms with E-state index >= 15 is 0 Å². The van der Waals surface area contributed by atoms with Crippen molar-refractivity contribution in [2.75, 3.05) is 11.9 Å². The number of rotatable bonds is 2. The van der Waals surface area contributed by atoms with Crippen molar-refractivity contribution in [1.82, 2.24) is 4.98 Å². The van der Waals surface area contributed by atoms with E-state index in [1.54, 1.807) is 36.2 Å². The summed E-state index contributed by atoms with van der Waals surface area (Å²) < 4.78 is 14.7. The summed E-state index contributed by atoms with van der Waals surface area (Å²) in [5.74, 6) is -0.631. The van der Waals surface area contributed by atoms with Crippen molar-refractivity contribution >= 4 is 34.3 Å². The highest BCUT2D eigenvalue weighted by atomic mass is 19.1. The van der Waals surface area contributed by atoms with Crippen LogP contribution < -0.4 is 4.90 Å². The number of hydrogen-bond acceptors (Lipinski definition) is 2. The molecule has 2 heterocycles. The van der Waals surface area contributed by atoms with Gasteiger partial charge >= 0.3 is 0 Å². The highest BCUT2D eigenvalue weighted by molar-refractivity contribution is 6.23. The van der Waals surface area contributed by atoms with Gasteiger partial charge in [-0.05, 0) is 30.3 Å². The Morgan fingerprint density at radius 2 is 1.63 bits per heavy atom. The number of fused-ring (bicyclic) bond motifs is 2. The number of nitrogens with one attached hydrogen (secondary N) is 1. The van der Waals surface area contributed by atoms with Crippen LogP contribution in [0.25, 0.3) is 17.0 Å². The topological polar surface area (TPSA) is 48.5 Å². The highest BCUT2D eigenvalue weighted by Crippen LogP contribution is 2.31. The van der Waals surface area contributed by atoms with Crippen LogP contribution >= 0.6 is 0 Å². The molecule has 146 valence electrons. The minimum Gasteiger partial charge on any atom is -0.361 e. The van der Waals surface area contributed by atoms with Crippen molar-refractivity contribution in [3.8, 4) is 0 Å². The second-order valence-corrected chi connectivity index (χ2v) is 7.14. The third-order valence-electron chi connectivity index (χ3n) is 5.32. The molecule has 0 fully saturated rings. The second-order valence-electron chi connectivity index (χ2n) is 7.14. The van der Waals surface area contributed by atoms with Crippen molar-refractivity contribution in [3.63, 3.8) is 0 Å². The van der Waals surface area contributed by atoms with Crippen molar-refractivity contribution in [1.29, 1.82) is 0 Å². The molecule has 0 bridgehead atoms. The maximum atomic E-state index is 14.7. The number of para-hydroxylation sites is 2. The second kappa shape index (κ2) is 7.12. The van der Waals surface area contributed by atoms with Gasteiger partial charge in [-0.2, -0.15) is 0 Å². The zero-order chi connectivity index (χ0) is 20.7. The summed E-state index contributed by atoms with van der Waals surface area (Å²) >= 11 is 0. The number of amides is 1. The molecule has 4 nitrogen and oxygen atoms in total. The van der Waals surface area contributed by atoms with Crippen LogP contribution in [0.5, 0.6) is 0 Å². The van der Waals surface area contributed by atoms with Crippen LogP contribution in [0.2, 0.25) is 0 Å². The van der Waals surface area contributed by atoms with Gasteiger partial charge in [0.15, 0.2) is 0 Å². The molecular formula is C25H18FN3O. The van der Waals surface area contributed by atoms with Gasteiger partial charge in [0.05, 0.1) is 11.4 Å². The molecule has 1 amide bonds. The van der Waals surface area contributed by atoms with Crippen molar-refractivity contribution in [2.45, 2.75) is 0 Å². The number of aromatic amines is 1. The number of benzene rings is 3. The summed E-state index contributed by atoms with van der Waals surface area (Å²) in [6.45, 7) is 0. The number of halogens is 1. The number of aliphatic imine (C=N–C) groups is 1. The van der Waals surface area contributed by atoms with Gasteiger partial charge in [0, 0.05) is 40.8 Å². The number of carbonyl (C=O) groups is 1. The fraction of sp³-hybridized carbons (Fsp3) is 0.0400. The van der Waals surface area contributed by atoms with E-state index in [0.717, 1.165) is 16.5 Å². The molecule has 1 aliphatic rings. The number of benzodiazepines with no additional fused rings is 1. The monoisotopic (exact) mass is 395 g/mol. The van der Waals surface area contributed by atoms with Gasteiger partial charge in [-0.25, -0.2) is 9.38 Å². The smallest absolute Gasteiger partial charge is 0.276 e. The van der Waals surface area contributed by atoms with E-state index < -0.39 is 0 Å². The van der Waals surface area contributed by atoms with Crippen LogP contribution in [0.3, 0.4) is 0 Å². The molecule has 3 aromatic carbocycles.